The fourth-order valence-corrected chi connectivity index (χ4v) is 3.15. The number of anilines is 1. The first-order valence-electron chi connectivity index (χ1n) is 6.19. The van der Waals surface area contributed by atoms with Crippen molar-refractivity contribution in [1.29, 1.82) is 0 Å². The highest BCUT2D eigenvalue weighted by Gasteiger charge is 2.22. The van der Waals surface area contributed by atoms with Crippen LogP contribution in [0.1, 0.15) is 25.0 Å². The molecule has 19 heavy (non-hydrogen) atoms. The fourth-order valence-electron chi connectivity index (χ4n) is 1.66. The molecule has 4 N–H and O–H groups in total. The Morgan fingerprint density at radius 1 is 1.32 bits per heavy atom. The van der Waals surface area contributed by atoms with E-state index in [1.807, 2.05) is 27.7 Å². The van der Waals surface area contributed by atoms with Gasteiger partial charge in [-0.15, -0.1) is 0 Å². The summed E-state index contributed by atoms with van der Waals surface area (Å²) in [4.78, 5) is 0.132. The fraction of sp³-hybridized carbons (Fsp3) is 0.538. The predicted molar refractivity (Wildman–Crippen MR) is 76.4 cm³/mol. The minimum absolute atomic E-state index is 0.00340. The molecule has 0 fully saturated rings. The van der Waals surface area contributed by atoms with Gasteiger partial charge in [-0.05, 0) is 43.0 Å². The number of nitrogens with one attached hydrogen (secondary N) is 1. The zero-order valence-electron chi connectivity index (χ0n) is 11.8. The summed E-state index contributed by atoms with van der Waals surface area (Å²) in [5, 5.41) is 9.21. The Morgan fingerprint density at radius 2 is 1.89 bits per heavy atom. The minimum Gasteiger partial charge on any atom is -0.398 e. The number of aliphatic hydroxyl groups excluding tert-OH is 1. The molecule has 0 aliphatic heterocycles. The van der Waals surface area contributed by atoms with Crippen molar-refractivity contribution in [3.05, 3.63) is 23.3 Å². The molecular weight excluding hydrogens is 264 g/mol. The summed E-state index contributed by atoms with van der Waals surface area (Å²) < 4.78 is 27.0. The van der Waals surface area contributed by atoms with Gasteiger partial charge >= 0.3 is 0 Å². The Bertz CT molecular complexity index is 530. The lowest BCUT2D eigenvalue weighted by molar-refractivity contribution is 0.227. The van der Waals surface area contributed by atoms with Crippen molar-refractivity contribution >= 4 is 15.7 Å². The second-order valence-electron chi connectivity index (χ2n) is 5.11. The number of benzene rings is 1. The average molecular weight is 286 g/mol. The van der Waals surface area contributed by atoms with E-state index in [1.165, 1.54) is 6.07 Å². The number of aryl methyl sites for hydroxylation is 1. The average Bonchev–Trinajstić information content (AvgIpc) is 2.32. The van der Waals surface area contributed by atoms with Crippen molar-refractivity contribution in [2.45, 2.75) is 38.6 Å². The molecule has 0 unspecified atom stereocenters. The molecule has 0 radical (unpaired) electrons. The number of sulfonamides is 1. The lowest BCUT2D eigenvalue weighted by atomic mass is 10.1. The van der Waals surface area contributed by atoms with Crippen LogP contribution >= 0.6 is 0 Å². The van der Waals surface area contributed by atoms with E-state index in [0.29, 0.717) is 5.69 Å². The van der Waals surface area contributed by atoms with Crippen molar-refractivity contribution < 1.29 is 13.5 Å². The second kappa shape index (κ2) is 5.90. The number of nitrogen functional groups attached to an aromatic ring is 1. The first-order valence-corrected chi connectivity index (χ1v) is 7.67. The van der Waals surface area contributed by atoms with Gasteiger partial charge in [-0.3, -0.25) is 0 Å². The monoisotopic (exact) mass is 286 g/mol. The third-order valence-electron chi connectivity index (χ3n) is 3.30. The number of hydrogen-bond donors (Lipinski definition) is 3. The molecule has 0 amide bonds. The Hall–Kier alpha value is -1.11. The maximum Gasteiger partial charge on any atom is 0.240 e. The van der Waals surface area contributed by atoms with Gasteiger partial charge in [0.05, 0.1) is 11.5 Å². The van der Waals surface area contributed by atoms with Crippen LogP contribution in [0, 0.1) is 19.8 Å². The van der Waals surface area contributed by atoms with E-state index >= 15 is 0 Å². The minimum atomic E-state index is -3.67. The van der Waals surface area contributed by atoms with Gasteiger partial charge in [0.1, 0.15) is 0 Å². The number of nitrogens with two attached hydrogens (primary N) is 1. The third kappa shape index (κ3) is 3.68. The smallest absolute Gasteiger partial charge is 0.240 e. The highest BCUT2D eigenvalue weighted by molar-refractivity contribution is 7.89. The Morgan fingerprint density at radius 3 is 2.32 bits per heavy atom. The third-order valence-corrected chi connectivity index (χ3v) is 4.77. The zero-order valence-corrected chi connectivity index (χ0v) is 12.6. The lowest BCUT2D eigenvalue weighted by Gasteiger charge is -2.20. The maximum atomic E-state index is 12.2. The van der Waals surface area contributed by atoms with Crippen LogP contribution in [-0.2, 0) is 10.0 Å². The molecule has 0 aromatic heterocycles. The zero-order chi connectivity index (χ0) is 14.8. The topological polar surface area (TPSA) is 92.4 Å². The van der Waals surface area contributed by atoms with Crippen molar-refractivity contribution in [3.63, 3.8) is 0 Å². The van der Waals surface area contributed by atoms with E-state index in [1.54, 1.807) is 6.07 Å². The van der Waals surface area contributed by atoms with Crippen molar-refractivity contribution in [1.82, 2.24) is 4.72 Å². The number of hydrogen-bond acceptors (Lipinski definition) is 4. The van der Waals surface area contributed by atoms with Gasteiger partial charge < -0.3 is 10.8 Å². The molecule has 0 saturated heterocycles. The summed E-state index contributed by atoms with van der Waals surface area (Å²) in [5.41, 5.74) is 7.95. The van der Waals surface area contributed by atoms with E-state index < -0.39 is 16.1 Å². The van der Waals surface area contributed by atoms with Crippen LogP contribution in [0.5, 0.6) is 0 Å². The summed E-state index contributed by atoms with van der Waals surface area (Å²) in [6, 6.07) is 2.52. The standard InChI is InChI=1S/C13H22N2O3S/c1-8(2)13(7-16)15-19(17,18)11-5-9(3)10(4)12(14)6-11/h5-6,8,13,15-16H,7,14H2,1-4H3/t13-/m1/s1. The van der Waals surface area contributed by atoms with Gasteiger partial charge in [0.2, 0.25) is 10.0 Å². The van der Waals surface area contributed by atoms with Crippen LogP contribution in [0.15, 0.2) is 17.0 Å². The van der Waals surface area contributed by atoms with Crippen molar-refractivity contribution in [2.75, 3.05) is 12.3 Å². The molecule has 0 heterocycles. The Balaban J connectivity index is 3.14. The molecule has 0 spiro atoms. The van der Waals surface area contributed by atoms with E-state index in [0.717, 1.165) is 11.1 Å². The summed E-state index contributed by atoms with van der Waals surface area (Å²) in [6.07, 6.45) is 0. The van der Waals surface area contributed by atoms with Crippen LogP contribution in [-0.4, -0.2) is 26.2 Å². The van der Waals surface area contributed by atoms with Crippen LogP contribution in [0.4, 0.5) is 5.69 Å². The van der Waals surface area contributed by atoms with E-state index in [4.69, 9.17) is 5.73 Å². The molecular formula is C13H22N2O3S. The van der Waals surface area contributed by atoms with Crippen LogP contribution in [0.3, 0.4) is 0 Å². The molecule has 0 aliphatic carbocycles. The van der Waals surface area contributed by atoms with Gasteiger partial charge in [-0.25, -0.2) is 13.1 Å². The normalized spacial score (nSPS) is 13.8. The second-order valence-corrected chi connectivity index (χ2v) is 6.82. The Labute approximate surface area is 114 Å². The molecule has 5 nitrogen and oxygen atoms in total. The quantitative estimate of drug-likeness (QED) is 0.709. The Kier molecular flexibility index (Phi) is 4.95. The maximum absolute atomic E-state index is 12.2. The number of aliphatic hydroxyl groups is 1. The van der Waals surface area contributed by atoms with Crippen LogP contribution in [0.25, 0.3) is 0 Å². The highest BCUT2D eigenvalue weighted by Crippen LogP contribution is 2.22. The van der Waals surface area contributed by atoms with Crippen molar-refractivity contribution in [2.24, 2.45) is 5.92 Å². The summed E-state index contributed by atoms with van der Waals surface area (Å²) in [7, 11) is -3.67. The van der Waals surface area contributed by atoms with E-state index in [9.17, 15) is 13.5 Å². The molecule has 1 atom stereocenters. The lowest BCUT2D eigenvalue weighted by Crippen LogP contribution is -2.41. The van der Waals surface area contributed by atoms with Gasteiger partial charge in [0, 0.05) is 11.7 Å². The SMILES string of the molecule is Cc1cc(S(=O)(=O)N[C@H](CO)C(C)C)cc(N)c1C. The van der Waals surface area contributed by atoms with Gasteiger partial charge in [-0.2, -0.15) is 0 Å². The van der Waals surface area contributed by atoms with Gasteiger partial charge in [0.15, 0.2) is 0 Å². The first-order chi connectivity index (χ1) is 8.69. The molecule has 0 aliphatic rings. The van der Waals surface area contributed by atoms with Crippen LogP contribution in [0.2, 0.25) is 0 Å². The van der Waals surface area contributed by atoms with Gasteiger partial charge in [-0.1, -0.05) is 13.8 Å². The molecule has 108 valence electrons. The molecule has 1 aromatic carbocycles. The molecule has 1 aromatic rings. The van der Waals surface area contributed by atoms with E-state index in [2.05, 4.69) is 4.72 Å². The van der Waals surface area contributed by atoms with E-state index in [-0.39, 0.29) is 17.4 Å². The summed E-state index contributed by atoms with van der Waals surface area (Å²) >= 11 is 0. The van der Waals surface area contributed by atoms with Gasteiger partial charge in [0.25, 0.3) is 0 Å². The highest BCUT2D eigenvalue weighted by atomic mass is 32.2. The molecule has 0 bridgehead atoms. The summed E-state index contributed by atoms with van der Waals surface area (Å²) in [5.74, 6) is 0.00340. The largest absolute Gasteiger partial charge is 0.398 e. The number of rotatable bonds is 5. The molecule has 0 saturated carbocycles. The van der Waals surface area contributed by atoms with Crippen LogP contribution < -0.4 is 10.5 Å². The molecule has 6 heteroatoms. The molecule has 1 rings (SSSR count). The van der Waals surface area contributed by atoms with Crippen molar-refractivity contribution in [3.8, 4) is 0 Å². The summed E-state index contributed by atoms with van der Waals surface area (Å²) in [6.45, 7) is 7.11. The first kappa shape index (κ1) is 15.9. The predicted octanol–water partition coefficient (Wildman–Crippen LogP) is 1.18.